The molecule has 134 valence electrons. The topological polar surface area (TPSA) is 45.0 Å². The van der Waals surface area contributed by atoms with Gasteiger partial charge in [-0.3, -0.25) is 4.99 Å². The van der Waals surface area contributed by atoms with Gasteiger partial charge in [-0.25, -0.2) is 0 Å². The molecule has 7 heteroatoms. The Bertz CT molecular complexity index is 449. The third-order valence-corrected chi connectivity index (χ3v) is 3.70. The molecule has 1 rings (SSSR count). The molecule has 6 nitrogen and oxygen atoms in total. The first-order valence-corrected chi connectivity index (χ1v) is 7.78. The van der Waals surface area contributed by atoms with E-state index in [1.54, 1.807) is 7.11 Å². The van der Waals surface area contributed by atoms with Crippen LogP contribution in [0.3, 0.4) is 0 Å². The Balaban J connectivity index is 0.00000484. The molecule has 1 heterocycles. The van der Waals surface area contributed by atoms with Crippen molar-refractivity contribution >= 4 is 29.9 Å². The van der Waals surface area contributed by atoms with Crippen LogP contribution >= 0.6 is 24.0 Å². The van der Waals surface area contributed by atoms with E-state index in [1.807, 2.05) is 7.05 Å². The summed E-state index contributed by atoms with van der Waals surface area (Å²) in [6, 6.07) is 4.20. The lowest BCUT2D eigenvalue weighted by molar-refractivity contribution is 0.161. The molecule has 23 heavy (non-hydrogen) atoms. The van der Waals surface area contributed by atoms with E-state index in [0.717, 1.165) is 45.2 Å². The minimum atomic E-state index is 0. The van der Waals surface area contributed by atoms with E-state index in [9.17, 15) is 0 Å². The van der Waals surface area contributed by atoms with Crippen molar-refractivity contribution < 1.29 is 4.74 Å². The summed E-state index contributed by atoms with van der Waals surface area (Å²) in [7, 11) is 9.81. The molecule has 0 aromatic carbocycles. The average Bonchev–Trinajstić information content (AvgIpc) is 2.90. The van der Waals surface area contributed by atoms with Crippen LogP contribution in [0.1, 0.15) is 12.1 Å². The summed E-state index contributed by atoms with van der Waals surface area (Å²) in [6.07, 6.45) is 3.15. The molecular weight excluding hydrogens is 405 g/mol. The summed E-state index contributed by atoms with van der Waals surface area (Å²) in [6.45, 7) is 4.57. The van der Waals surface area contributed by atoms with Crippen molar-refractivity contribution in [3.8, 4) is 0 Å². The fourth-order valence-corrected chi connectivity index (χ4v) is 2.27. The summed E-state index contributed by atoms with van der Waals surface area (Å²) in [5, 5.41) is 3.42. The van der Waals surface area contributed by atoms with E-state index in [4.69, 9.17) is 4.74 Å². The molecule has 0 aliphatic rings. The van der Waals surface area contributed by atoms with E-state index in [2.05, 4.69) is 64.1 Å². The van der Waals surface area contributed by atoms with Gasteiger partial charge in [0.2, 0.25) is 0 Å². The van der Waals surface area contributed by atoms with E-state index in [1.165, 1.54) is 5.69 Å². The van der Waals surface area contributed by atoms with Crippen LogP contribution < -0.4 is 5.32 Å². The number of aromatic nitrogens is 1. The Morgan fingerprint density at radius 3 is 2.65 bits per heavy atom. The van der Waals surface area contributed by atoms with E-state index in [0.29, 0.717) is 0 Å². The normalized spacial score (nSPS) is 11.5. The van der Waals surface area contributed by atoms with Crippen molar-refractivity contribution in [1.82, 2.24) is 19.7 Å². The van der Waals surface area contributed by atoms with Gasteiger partial charge in [-0.15, -0.1) is 24.0 Å². The Morgan fingerprint density at radius 2 is 2.09 bits per heavy atom. The van der Waals surface area contributed by atoms with Crippen LogP contribution in [0.25, 0.3) is 0 Å². The number of likely N-dealkylation sites (N-methyl/N-ethyl adjacent to an activating group) is 1. The molecule has 0 aliphatic carbocycles. The molecule has 0 fully saturated rings. The fourth-order valence-electron chi connectivity index (χ4n) is 2.27. The molecule has 0 bridgehead atoms. The van der Waals surface area contributed by atoms with E-state index in [-0.39, 0.29) is 24.0 Å². The highest BCUT2D eigenvalue weighted by Gasteiger charge is 2.08. The van der Waals surface area contributed by atoms with Crippen molar-refractivity contribution in [3.63, 3.8) is 0 Å². The van der Waals surface area contributed by atoms with Gasteiger partial charge in [-0.1, -0.05) is 0 Å². The number of aliphatic imine (C=N–C) groups is 1. The minimum Gasteiger partial charge on any atom is -0.383 e. The lowest BCUT2D eigenvalue weighted by atomic mass is 10.3. The highest BCUT2D eigenvalue weighted by Crippen LogP contribution is 2.03. The monoisotopic (exact) mass is 437 g/mol. The van der Waals surface area contributed by atoms with Crippen LogP contribution in [0, 0.1) is 0 Å². The maximum Gasteiger partial charge on any atom is 0.193 e. The molecule has 1 N–H and O–H groups in total. The molecule has 0 amide bonds. The Kier molecular flexibility index (Phi) is 12.2. The summed E-state index contributed by atoms with van der Waals surface area (Å²) in [5.41, 5.74) is 1.27. The second-order valence-corrected chi connectivity index (χ2v) is 5.59. The molecule has 1 aromatic heterocycles. The van der Waals surface area contributed by atoms with Crippen molar-refractivity contribution in [1.29, 1.82) is 0 Å². The van der Waals surface area contributed by atoms with Crippen molar-refractivity contribution in [3.05, 3.63) is 24.0 Å². The van der Waals surface area contributed by atoms with Crippen LogP contribution in [0.2, 0.25) is 0 Å². The molecule has 0 spiro atoms. The first-order valence-electron chi connectivity index (χ1n) is 7.78. The maximum absolute atomic E-state index is 5.08. The number of hydrogen-bond acceptors (Lipinski definition) is 3. The first kappa shape index (κ1) is 22.2. The number of aryl methyl sites for hydroxylation is 1. The molecule has 0 aliphatic heterocycles. The number of hydrogen-bond donors (Lipinski definition) is 1. The second-order valence-electron chi connectivity index (χ2n) is 5.59. The molecule has 1 aromatic rings. The van der Waals surface area contributed by atoms with Gasteiger partial charge in [-0.05, 0) is 32.1 Å². The summed E-state index contributed by atoms with van der Waals surface area (Å²) in [4.78, 5) is 8.78. The van der Waals surface area contributed by atoms with E-state index < -0.39 is 0 Å². The lowest BCUT2D eigenvalue weighted by Crippen LogP contribution is -2.40. The molecule has 0 saturated heterocycles. The van der Waals surface area contributed by atoms with Gasteiger partial charge >= 0.3 is 0 Å². The number of guanidine groups is 1. The lowest BCUT2D eigenvalue weighted by Gasteiger charge is -2.23. The van der Waals surface area contributed by atoms with Gasteiger partial charge < -0.3 is 24.4 Å². The summed E-state index contributed by atoms with van der Waals surface area (Å²) < 4.78 is 7.21. The third kappa shape index (κ3) is 8.57. The van der Waals surface area contributed by atoms with Crippen molar-refractivity contribution in [2.24, 2.45) is 12.0 Å². The highest BCUT2D eigenvalue weighted by atomic mass is 127. The summed E-state index contributed by atoms with van der Waals surface area (Å²) in [5.74, 6) is 0.931. The number of ether oxygens (including phenoxy) is 1. The Labute approximate surface area is 157 Å². The zero-order valence-corrected chi connectivity index (χ0v) is 17.4. The number of rotatable bonds is 9. The predicted molar refractivity (Wildman–Crippen MR) is 108 cm³/mol. The number of methoxy groups -OCH3 is 1. The largest absolute Gasteiger partial charge is 0.383 e. The number of halogens is 1. The molecule has 0 atom stereocenters. The number of nitrogens with one attached hydrogen (secondary N) is 1. The van der Waals surface area contributed by atoms with E-state index >= 15 is 0 Å². The SMILES string of the molecule is CN=C(NCCCN(C)CCOC)N(C)Cc1cccn1C.I. The molecular formula is C16H32IN5O. The van der Waals surface area contributed by atoms with Gasteiger partial charge in [0.25, 0.3) is 0 Å². The molecule has 0 radical (unpaired) electrons. The molecule has 0 saturated carbocycles. The highest BCUT2D eigenvalue weighted by molar-refractivity contribution is 14.0. The van der Waals surface area contributed by atoms with Gasteiger partial charge in [0.1, 0.15) is 0 Å². The minimum absolute atomic E-state index is 0. The van der Waals surface area contributed by atoms with Crippen LogP contribution in [0.15, 0.2) is 23.3 Å². The molecule has 0 unspecified atom stereocenters. The average molecular weight is 437 g/mol. The standard InChI is InChI=1S/C16H31N5O.HI/c1-17-16(18-9-7-10-19(2)12-13-22-5)21(4)14-15-8-6-11-20(15)3;/h6,8,11H,7,9-10,12-14H2,1-5H3,(H,17,18);1H. The Morgan fingerprint density at radius 1 is 1.35 bits per heavy atom. The number of nitrogens with zero attached hydrogens (tertiary/aromatic N) is 4. The first-order chi connectivity index (χ1) is 10.6. The quantitative estimate of drug-likeness (QED) is 0.276. The smallest absolute Gasteiger partial charge is 0.193 e. The van der Waals surface area contributed by atoms with Crippen molar-refractivity contribution in [2.75, 3.05) is 54.5 Å². The Hall–Kier alpha value is -0.800. The van der Waals surface area contributed by atoms with Gasteiger partial charge in [-0.2, -0.15) is 0 Å². The fraction of sp³-hybridized carbons (Fsp3) is 0.688. The van der Waals surface area contributed by atoms with Crippen molar-refractivity contribution in [2.45, 2.75) is 13.0 Å². The predicted octanol–water partition coefficient (Wildman–Crippen LogP) is 1.62. The third-order valence-electron chi connectivity index (χ3n) is 3.70. The zero-order chi connectivity index (χ0) is 16.4. The van der Waals surface area contributed by atoms with Crippen LogP contribution in [-0.4, -0.2) is 74.8 Å². The zero-order valence-electron chi connectivity index (χ0n) is 15.1. The van der Waals surface area contributed by atoms with Crippen LogP contribution in [0.5, 0.6) is 0 Å². The van der Waals surface area contributed by atoms with Gasteiger partial charge in [0, 0.05) is 53.2 Å². The van der Waals surface area contributed by atoms with Gasteiger partial charge in [0.05, 0.1) is 13.2 Å². The van der Waals surface area contributed by atoms with Gasteiger partial charge in [0.15, 0.2) is 5.96 Å². The van der Waals surface area contributed by atoms with Crippen LogP contribution in [0.4, 0.5) is 0 Å². The second kappa shape index (κ2) is 12.6. The summed E-state index contributed by atoms with van der Waals surface area (Å²) >= 11 is 0. The maximum atomic E-state index is 5.08. The van der Waals surface area contributed by atoms with Crippen LogP contribution in [-0.2, 0) is 18.3 Å².